The summed E-state index contributed by atoms with van der Waals surface area (Å²) in [5.74, 6) is 0. The number of carbonyl (C=O) groups excluding carboxylic acids is 1. The van der Waals surface area contributed by atoms with E-state index < -0.39 is 13.0 Å². The Balaban J connectivity index is 2.73. The zero-order valence-electron chi connectivity index (χ0n) is 7.90. The molecule has 0 radical (unpaired) electrons. The molecule has 1 N–H and O–H groups in total. The zero-order chi connectivity index (χ0) is 11.3. The van der Waals surface area contributed by atoms with Crippen LogP contribution in [-0.4, -0.2) is 37.5 Å². The van der Waals surface area contributed by atoms with Gasteiger partial charge in [-0.05, 0) is 6.07 Å². The van der Waals surface area contributed by atoms with Gasteiger partial charge in [0.2, 0.25) is 0 Å². The van der Waals surface area contributed by atoms with Crippen LogP contribution in [0.1, 0.15) is 9.67 Å². The number of carbonyl (C=O) groups is 1. The molecule has 0 bridgehead atoms. The molecule has 6 heteroatoms. The van der Waals surface area contributed by atoms with Crippen LogP contribution in [0.5, 0.6) is 0 Å². The van der Waals surface area contributed by atoms with E-state index in [-0.39, 0.29) is 13.2 Å². The predicted molar refractivity (Wildman–Crippen MR) is 55.0 cm³/mol. The average molecular weight is 235 g/mol. The predicted octanol–water partition coefficient (Wildman–Crippen LogP) is 1.62. The van der Waals surface area contributed by atoms with E-state index in [2.05, 4.69) is 0 Å². The number of halogens is 2. The van der Waals surface area contributed by atoms with Gasteiger partial charge in [-0.15, -0.1) is 11.3 Å². The first kappa shape index (κ1) is 12.1. The first-order valence-electron chi connectivity index (χ1n) is 4.35. The van der Waals surface area contributed by atoms with Gasteiger partial charge < -0.3 is 10.0 Å². The number of aliphatic hydroxyl groups excluding tert-OH is 1. The Hall–Kier alpha value is -1.01. The Morgan fingerprint density at radius 3 is 2.80 bits per heavy atom. The van der Waals surface area contributed by atoms with E-state index in [4.69, 9.17) is 5.11 Å². The minimum Gasteiger partial charge on any atom is -0.395 e. The van der Waals surface area contributed by atoms with Crippen molar-refractivity contribution in [3.63, 3.8) is 0 Å². The first-order valence-corrected chi connectivity index (χ1v) is 5.23. The topological polar surface area (TPSA) is 40.5 Å². The smallest absolute Gasteiger partial charge is 0.255 e. The number of rotatable bonds is 6. The fraction of sp³-hybridized carbons (Fsp3) is 0.444. The van der Waals surface area contributed by atoms with Crippen LogP contribution < -0.4 is 4.90 Å². The van der Waals surface area contributed by atoms with Gasteiger partial charge in [-0.2, -0.15) is 0 Å². The second kappa shape index (κ2) is 5.77. The molecule has 1 heterocycles. The molecule has 0 aliphatic rings. The number of hydrogen-bond acceptors (Lipinski definition) is 4. The largest absolute Gasteiger partial charge is 0.395 e. The molecule has 0 spiro atoms. The summed E-state index contributed by atoms with van der Waals surface area (Å²) in [5, 5.41) is 10.3. The number of aldehydes is 1. The van der Waals surface area contributed by atoms with Crippen molar-refractivity contribution in [2.75, 3.05) is 24.6 Å². The average Bonchev–Trinajstić information content (AvgIpc) is 2.64. The maximum Gasteiger partial charge on any atom is 0.255 e. The van der Waals surface area contributed by atoms with Gasteiger partial charge in [0, 0.05) is 17.6 Å². The highest BCUT2D eigenvalue weighted by Gasteiger charge is 2.13. The summed E-state index contributed by atoms with van der Waals surface area (Å²) < 4.78 is 24.4. The Bertz CT molecular complexity index is 317. The van der Waals surface area contributed by atoms with Crippen molar-refractivity contribution in [3.8, 4) is 0 Å². The van der Waals surface area contributed by atoms with Gasteiger partial charge in [-0.25, -0.2) is 8.78 Å². The highest BCUT2D eigenvalue weighted by Crippen LogP contribution is 2.22. The number of nitrogens with zero attached hydrogens (tertiary/aromatic N) is 1. The van der Waals surface area contributed by atoms with Crippen molar-refractivity contribution in [1.29, 1.82) is 0 Å². The number of alkyl halides is 2. The van der Waals surface area contributed by atoms with Gasteiger partial charge in [0.15, 0.2) is 6.29 Å². The van der Waals surface area contributed by atoms with E-state index in [9.17, 15) is 13.6 Å². The molecule has 0 aromatic carbocycles. The van der Waals surface area contributed by atoms with E-state index in [1.54, 1.807) is 5.38 Å². The van der Waals surface area contributed by atoms with E-state index in [1.807, 2.05) is 0 Å². The molecular formula is C9H11F2NO2S. The van der Waals surface area contributed by atoms with E-state index in [0.717, 1.165) is 0 Å². The summed E-state index contributed by atoms with van der Waals surface area (Å²) >= 11 is 1.19. The Morgan fingerprint density at radius 1 is 1.60 bits per heavy atom. The molecule has 84 valence electrons. The Morgan fingerprint density at radius 2 is 2.33 bits per heavy atom. The fourth-order valence-electron chi connectivity index (χ4n) is 1.18. The van der Waals surface area contributed by atoms with Crippen LogP contribution in [0.3, 0.4) is 0 Å². The third-order valence-corrected chi connectivity index (χ3v) is 2.66. The van der Waals surface area contributed by atoms with Crippen molar-refractivity contribution in [2.45, 2.75) is 6.43 Å². The Labute approximate surface area is 89.9 Å². The molecule has 0 unspecified atom stereocenters. The van der Waals surface area contributed by atoms with Gasteiger partial charge in [-0.1, -0.05) is 0 Å². The van der Waals surface area contributed by atoms with Crippen LogP contribution >= 0.6 is 11.3 Å². The lowest BCUT2D eigenvalue weighted by atomic mass is 10.3. The molecular weight excluding hydrogens is 224 g/mol. The van der Waals surface area contributed by atoms with Crippen molar-refractivity contribution in [1.82, 2.24) is 0 Å². The monoisotopic (exact) mass is 235 g/mol. The highest BCUT2D eigenvalue weighted by atomic mass is 32.1. The lowest BCUT2D eigenvalue weighted by Crippen LogP contribution is -2.31. The Kier molecular flexibility index (Phi) is 4.64. The van der Waals surface area contributed by atoms with Gasteiger partial charge in [0.05, 0.1) is 18.0 Å². The third kappa shape index (κ3) is 3.56. The van der Waals surface area contributed by atoms with E-state index >= 15 is 0 Å². The molecule has 0 aliphatic heterocycles. The normalized spacial score (nSPS) is 10.7. The van der Waals surface area contributed by atoms with Crippen LogP contribution in [0.4, 0.5) is 14.5 Å². The highest BCUT2D eigenvalue weighted by molar-refractivity contribution is 7.12. The summed E-state index contributed by atoms with van der Waals surface area (Å²) in [5.41, 5.74) is 0.552. The summed E-state index contributed by atoms with van der Waals surface area (Å²) in [7, 11) is 0. The SMILES string of the molecule is O=Cc1cc(N(CCO)CC(F)F)cs1. The molecule has 0 amide bonds. The number of anilines is 1. The molecule has 0 saturated carbocycles. The number of thiophene rings is 1. The molecule has 0 atom stereocenters. The fourth-order valence-corrected chi connectivity index (χ4v) is 1.90. The second-order valence-corrected chi connectivity index (χ2v) is 3.83. The lowest BCUT2D eigenvalue weighted by molar-refractivity contribution is 0.112. The first-order chi connectivity index (χ1) is 7.17. The van der Waals surface area contributed by atoms with E-state index in [0.29, 0.717) is 16.9 Å². The summed E-state index contributed by atoms with van der Waals surface area (Å²) in [6, 6.07) is 1.54. The van der Waals surface area contributed by atoms with Crippen molar-refractivity contribution in [2.24, 2.45) is 0 Å². The maximum atomic E-state index is 12.2. The van der Waals surface area contributed by atoms with Gasteiger partial charge in [0.25, 0.3) is 6.43 Å². The second-order valence-electron chi connectivity index (χ2n) is 2.89. The van der Waals surface area contributed by atoms with E-state index in [1.165, 1.54) is 22.3 Å². The van der Waals surface area contributed by atoms with Crippen LogP contribution in [0.2, 0.25) is 0 Å². The number of aliphatic hydroxyl groups is 1. The zero-order valence-corrected chi connectivity index (χ0v) is 8.71. The van der Waals surface area contributed by atoms with Gasteiger partial charge in [0.1, 0.15) is 0 Å². The quantitative estimate of drug-likeness (QED) is 0.762. The van der Waals surface area contributed by atoms with Crippen molar-refractivity contribution in [3.05, 3.63) is 16.3 Å². The standard InChI is InChI=1S/C9H11F2NO2S/c10-9(11)4-12(1-2-13)7-3-8(5-14)15-6-7/h3,5-6,9,13H,1-2,4H2. The molecule has 1 aromatic rings. The molecule has 0 saturated heterocycles. The molecule has 0 aliphatic carbocycles. The lowest BCUT2D eigenvalue weighted by Gasteiger charge is -2.21. The minimum absolute atomic E-state index is 0.138. The van der Waals surface area contributed by atoms with Crippen LogP contribution in [0, 0.1) is 0 Å². The molecule has 15 heavy (non-hydrogen) atoms. The van der Waals surface area contributed by atoms with Crippen molar-refractivity contribution >= 4 is 23.3 Å². The number of hydrogen-bond donors (Lipinski definition) is 1. The van der Waals surface area contributed by atoms with Gasteiger partial charge in [-0.3, -0.25) is 4.79 Å². The van der Waals surface area contributed by atoms with Crippen LogP contribution in [-0.2, 0) is 0 Å². The maximum absolute atomic E-state index is 12.2. The minimum atomic E-state index is -2.46. The van der Waals surface area contributed by atoms with Crippen LogP contribution in [0.25, 0.3) is 0 Å². The summed E-state index contributed by atoms with van der Waals surface area (Å²) in [6.45, 7) is -0.492. The van der Waals surface area contributed by atoms with Gasteiger partial charge >= 0.3 is 0 Å². The summed E-state index contributed by atoms with van der Waals surface area (Å²) in [4.78, 5) is 12.3. The third-order valence-electron chi connectivity index (χ3n) is 1.82. The molecule has 1 rings (SSSR count). The summed E-state index contributed by atoms with van der Waals surface area (Å²) in [6.07, 6.45) is -1.79. The molecule has 1 aromatic heterocycles. The van der Waals surface area contributed by atoms with Crippen molar-refractivity contribution < 1.29 is 18.7 Å². The van der Waals surface area contributed by atoms with Crippen LogP contribution in [0.15, 0.2) is 11.4 Å². The molecule has 0 fully saturated rings. The molecule has 3 nitrogen and oxygen atoms in total.